The number of carbonyl (C=O) groups is 1. The van der Waals surface area contributed by atoms with Crippen LogP contribution in [0.1, 0.15) is 53.6 Å². The molecule has 12 heteroatoms. The third-order valence-electron chi connectivity index (χ3n) is 9.17. The quantitative estimate of drug-likeness (QED) is 0.323. The van der Waals surface area contributed by atoms with Crippen molar-refractivity contribution >= 4 is 33.4 Å². The minimum atomic E-state index is -4.14. The number of methoxy groups -OCH3 is 2. The Bertz CT molecular complexity index is 1470. The Hall–Kier alpha value is -2.67. The summed E-state index contributed by atoms with van der Waals surface area (Å²) in [5, 5.41) is 0.707. The van der Waals surface area contributed by atoms with Crippen LogP contribution in [0, 0.1) is 11.8 Å². The first kappa shape index (κ1) is 34.7. The van der Waals surface area contributed by atoms with Crippen LogP contribution in [-0.4, -0.2) is 85.0 Å². The Morgan fingerprint density at radius 1 is 1.00 bits per heavy atom. The number of rotatable bonds is 7. The van der Waals surface area contributed by atoms with Gasteiger partial charge >= 0.3 is 10.2 Å². The van der Waals surface area contributed by atoms with Crippen LogP contribution in [0.5, 0.6) is 5.75 Å². The SMILES string of the molecule is COCCOC1/C=C/CCN(CCOC)S(=O)(=O)NC(=O)c2ccc3c(c2)N(CCCCc2cc(Cl)ccc2CO3)C[C@@H]2CC[C@@H]12. The van der Waals surface area contributed by atoms with E-state index in [-0.39, 0.29) is 31.4 Å². The van der Waals surface area contributed by atoms with Gasteiger partial charge in [-0.1, -0.05) is 29.8 Å². The maximum absolute atomic E-state index is 13.5. The lowest BCUT2D eigenvalue weighted by Crippen LogP contribution is -2.45. The molecule has 2 aromatic carbocycles. The Morgan fingerprint density at radius 2 is 1.85 bits per heavy atom. The summed E-state index contributed by atoms with van der Waals surface area (Å²) in [7, 11) is -0.965. The molecule has 2 heterocycles. The van der Waals surface area contributed by atoms with E-state index in [9.17, 15) is 13.2 Å². The number of aryl methyl sites for hydroxylation is 1. The molecule has 10 nitrogen and oxygen atoms in total. The Labute approximate surface area is 278 Å². The first-order valence-electron chi connectivity index (χ1n) is 16.2. The van der Waals surface area contributed by atoms with Gasteiger partial charge in [0.25, 0.3) is 5.91 Å². The van der Waals surface area contributed by atoms with Gasteiger partial charge in [0.1, 0.15) is 12.4 Å². The molecule has 1 saturated carbocycles. The first-order chi connectivity index (χ1) is 22.3. The van der Waals surface area contributed by atoms with Crippen LogP contribution in [0.25, 0.3) is 0 Å². The minimum Gasteiger partial charge on any atom is -0.487 e. The van der Waals surface area contributed by atoms with E-state index in [2.05, 4.69) is 15.7 Å². The molecule has 2 bridgehead atoms. The second kappa shape index (κ2) is 16.4. The third-order valence-corrected chi connectivity index (χ3v) is 10.9. The standard InChI is InChI=1S/C34H46ClN3O7S/c1-42-18-17-38-16-6-4-8-32(44-20-19-43-2)30-13-10-27(30)23-37-15-5-3-7-25-21-29(35)12-9-28(25)24-45-33-14-11-26(22-31(33)37)34(39)36-46(38,40)41/h4,8-9,11-12,14,21-22,27,30,32H,3,5-7,10,13,15-20,23-24H2,1-2H3,(H,36,39)/b8-4+/t27-,30+,32?/m0/s1. The number of nitrogens with one attached hydrogen (secondary N) is 1. The highest BCUT2D eigenvalue weighted by molar-refractivity contribution is 7.87. The number of carbonyl (C=O) groups excluding carboxylic acids is 1. The fraction of sp³-hybridized carbons (Fsp3) is 0.559. The monoisotopic (exact) mass is 675 g/mol. The van der Waals surface area contributed by atoms with Crippen LogP contribution in [0.15, 0.2) is 48.6 Å². The summed E-state index contributed by atoms with van der Waals surface area (Å²) in [6.45, 7) is 3.37. The van der Waals surface area contributed by atoms with E-state index in [1.165, 1.54) is 17.0 Å². The van der Waals surface area contributed by atoms with Crippen molar-refractivity contribution in [1.29, 1.82) is 0 Å². The van der Waals surface area contributed by atoms with Gasteiger partial charge < -0.3 is 23.8 Å². The van der Waals surface area contributed by atoms with Crippen molar-refractivity contribution in [2.75, 3.05) is 65.1 Å². The molecule has 0 radical (unpaired) electrons. The first-order valence-corrected chi connectivity index (χ1v) is 18.0. The van der Waals surface area contributed by atoms with Crippen LogP contribution < -0.4 is 14.4 Å². The minimum absolute atomic E-state index is 0.115. The molecule has 3 aliphatic rings. The molecule has 1 amide bonds. The van der Waals surface area contributed by atoms with Gasteiger partial charge in [0.05, 0.1) is 31.6 Å². The van der Waals surface area contributed by atoms with E-state index >= 15 is 0 Å². The number of hydrogen-bond donors (Lipinski definition) is 1. The lowest BCUT2D eigenvalue weighted by molar-refractivity contribution is -0.0308. The van der Waals surface area contributed by atoms with Crippen molar-refractivity contribution in [1.82, 2.24) is 9.03 Å². The van der Waals surface area contributed by atoms with E-state index in [4.69, 9.17) is 30.5 Å². The summed E-state index contributed by atoms with van der Waals surface area (Å²) in [6.07, 6.45) is 9.31. The zero-order valence-corrected chi connectivity index (χ0v) is 28.4. The van der Waals surface area contributed by atoms with Gasteiger partial charge in [-0.15, -0.1) is 0 Å². The zero-order chi connectivity index (χ0) is 32.5. The fourth-order valence-corrected chi connectivity index (χ4v) is 7.78. The summed E-state index contributed by atoms with van der Waals surface area (Å²) in [5.74, 6) is 0.633. The lowest BCUT2D eigenvalue weighted by Gasteiger charge is -2.44. The van der Waals surface area contributed by atoms with E-state index in [1.807, 2.05) is 24.3 Å². The molecule has 3 atom stereocenters. The Morgan fingerprint density at radius 3 is 2.63 bits per heavy atom. The molecule has 1 aliphatic carbocycles. The normalized spacial score (nSPS) is 24.7. The average Bonchev–Trinajstić information content (AvgIpc) is 3.05. The average molecular weight is 676 g/mol. The number of anilines is 1. The number of nitrogens with zero attached hydrogens (tertiary/aromatic N) is 2. The van der Waals surface area contributed by atoms with E-state index in [0.717, 1.165) is 56.4 Å². The number of amides is 1. The number of hydrogen-bond acceptors (Lipinski definition) is 8. The van der Waals surface area contributed by atoms with Crippen molar-refractivity contribution in [3.8, 4) is 5.75 Å². The Kier molecular flexibility index (Phi) is 12.4. The predicted octanol–water partition coefficient (Wildman–Crippen LogP) is 5.00. The largest absolute Gasteiger partial charge is 0.487 e. The van der Waals surface area contributed by atoms with E-state index in [1.54, 1.807) is 25.3 Å². The molecule has 5 rings (SSSR count). The molecule has 1 N–H and O–H groups in total. The maximum atomic E-state index is 13.5. The molecule has 0 spiro atoms. The number of fused-ring (bicyclic) bond motifs is 3. The summed E-state index contributed by atoms with van der Waals surface area (Å²) in [6, 6.07) is 11.1. The molecule has 46 heavy (non-hydrogen) atoms. The second-order valence-electron chi connectivity index (χ2n) is 12.2. The molecule has 2 aromatic rings. The van der Waals surface area contributed by atoms with Gasteiger partial charge in [-0.3, -0.25) is 4.79 Å². The Balaban J connectivity index is 1.52. The van der Waals surface area contributed by atoms with Crippen molar-refractivity contribution in [3.05, 3.63) is 70.3 Å². The molecule has 0 aromatic heterocycles. The van der Waals surface area contributed by atoms with Crippen LogP contribution in [-0.2, 0) is 37.4 Å². The van der Waals surface area contributed by atoms with Gasteiger partial charge in [0.15, 0.2) is 0 Å². The van der Waals surface area contributed by atoms with Crippen molar-refractivity contribution in [2.45, 2.75) is 51.2 Å². The molecule has 252 valence electrons. The highest BCUT2D eigenvalue weighted by Gasteiger charge is 2.38. The van der Waals surface area contributed by atoms with Crippen LogP contribution >= 0.6 is 11.6 Å². The lowest BCUT2D eigenvalue weighted by atomic mass is 9.70. The summed E-state index contributed by atoms with van der Waals surface area (Å²) >= 11 is 6.34. The highest BCUT2D eigenvalue weighted by atomic mass is 35.5. The molecular weight excluding hydrogens is 630 g/mol. The van der Waals surface area contributed by atoms with Crippen molar-refractivity contribution in [3.63, 3.8) is 0 Å². The van der Waals surface area contributed by atoms with E-state index in [0.29, 0.717) is 48.8 Å². The molecule has 2 aliphatic heterocycles. The molecule has 1 unspecified atom stereocenters. The van der Waals surface area contributed by atoms with Crippen LogP contribution in [0.3, 0.4) is 0 Å². The number of ether oxygens (including phenoxy) is 4. The third kappa shape index (κ3) is 8.81. The smallest absolute Gasteiger partial charge is 0.304 e. The second-order valence-corrected chi connectivity index (χ2v) is 14.3. The fourth-order valence-electron chi connectivity index (χ4n) is 6.44. The predicted molar refractivity (Wildman–Crippen MR) is 179 cm³/mol. The van der Waals surface area contributed by atoms with Gasteiger partial charge in [0, 0.05) is 51.0 Å². The zero-order valence-electron chi connectivity index (χ0n) is 26.8. The summed E-state index contributed by atoms with van der Waals surface area (Å²) in [5.41, 5.74) is 3.28. The molecule has 0 saturated heterocycles. The number of halogens is 1. The highest BCUT2D eigenvalue weighted by Crippen LogP contribution is 2.41. The van der Waals surface area contributed by atoms with Crippen LogP contribution in [0.4, 0.5) is 5.69 Å². The number of benzene rings is 2. The summed E-state index contributed by atoms with van der Waals surface area (Å²) < 4.78 is 53.6. The summed E-state index contributed by atoms with van der Waals surface area (Å²) in [4.78, 5) is 15.8. The van der Waals surface area contributed by atoms with Gasteiger partial charge in [-0.25, -0.2) is 4.72 Å². The topological polar surface area (TPSA) is 107 Å². The van der Waals surface area contributed by atoms with Crippen molar-refractivity contribution in [2.24, 2.45) is 11.8 Å². The van der Waals surface area contributed by atoms with Crippen molar-refractivity contribution < 1.29 is 32.2 Å². The van der Waals surface area contributed by atoms with Gasteiger partial charge in [-0.2, -0.15) is 12.7 Å². The molecule has 1 fully saturated rings. The van der Waals surface area contributed by atoms with Gasteiger partial charge in [0.2, 0.25) is 0 Å². The maximum Gasteiger partial charge on any atom is 0.304 e. The van der Waals surface area contributed by atoms with Gasteiger partial charge in [-0.05, 0) is 91.8 Å². The van der Waals surface area contributed by atoms with Crippen LogP contribution in [0.2, 0.25) is 5.02 Å². The van der Waals surface area contributed by atoms with E-state index < -0.39 is 16.1 Å². The molecular formula is C34H46ClN3O7S.